The van der Waals surface area contributed by atoms with Crippen LogP contribution in [0.2, 0.25) is 0 Å². The van der Waals surface area contributed by atoms with Crippen LogP contribution in [-0.4, -0.2) is 21.6 Å². The third-order valence-corrected chi connectivity index (χ3v) is 2.19. The SMILES string of the molecule is CCC(S)N(C(C)C)[NH+](O)N[O-]. The maximum absolute atomic E-state index is 10.2. The Morgan fingerprint density at radius 1 is 1.67 bits per heavy atom. The second kappa shape index (κ2) is 5.74. The highest BCUT2D eigenvalue weighted by molar-refractivity contribution is 7.80. The fourth-order valence-corrected chi connectivity index (χ4v) is 1.36. The fraction of sp³-hybridized carbons (Fsp3) is 1.00. The van der Waals surface area contributed by atoms with Gasteiger partial charge in [-0.25, -0.2) is 0 Å². The molecule has 5 nitrogen and oxygen atoms in total. The van der Waals surface area contributed by atoms with Gasteiger partial charge in [0.25, 0.3) is 0 Å². The van der Waals surface area contributed by atoms with Crippen molar-refractivity contribution in [3.05, 3.63) is 5.21 Å². The minimum absolute atomic E-state index is 0.0499. The molecule has 6 heteroatoms. The summed E-state index contributed by atoms with van der Waals surface area (Å²) in [6.45, 7) is 5.70. The lowest BCUT2D eigenvalue weighted by atomic mass is 10.3. The first kappa shape index (κ1) is 12.2. The van der Waals surface area contributed by atoms with E-state index in [9.17, 15) is 5.21 Å². The summed E-state index contributed by atoms with van der Waals surface area (Å²) in [6.07, 6.45) is 0.757. The van der Waals surface area contributed by atoms with Crippen molar-refractivity contribution >= 4 is 12.6 Å². The summed E-state index contributed by atoms with van der Waals surface area (Å²) < 4.78 is 0. The molecule has 0 aliphatic heterocycles. The van der Waals surface area contributed by atoms with E-state index in [2.05, 4.69) is 12.6 Å². The predicted octanol–water partition coefficient (Wildman–Crippen LogP) is -0.446. The second-order valence-corrected chi connectivity index (χ2v) is 3.41. The van der Waals surface area contributed by atoms with Crippen molar-refractivity contribution in [2.75, 3.05) is 0 Å². The zero-order chi connectivity index (χ0) is 9.72. The molecule has 2 atom stereocenters. The van der Waals surface area contributed by atoms with Crippen LogP contribution in [0.3, 0.4) is 0 Å². The minimum atomic E-state index is -0.369. The number of thiol groups is 1. The van der Waals surface area contributed by atoms with Crippen molar-refractivity contribution in [2.45, 2.75) is 38.6 Å². The number of hydrogen-bond acceptors (Lipinski definition) is 5. The molecule has 0 aliphatic rings. The Labute approximate surface area is 78.2 Å². The Bertz CT molecular complexity index is 115. The van der Waals surface area contributed by atoms with E-state index in [0.717, 1.165) is 6.42 Å². The number of rotatable bonds is 5. The van der Waals surface area contributed by atoms with Crippen molar-refractivity contribution < 1.29 is 10.5 Å². The maximum Gasteiger partial charge on any atom is 0.106 e. The summed E-state index contributed by atoms with van der Waals surface area (Å²) in [5.41, 5.74) is 1.46. The van der Waals surface area contributed by atoms with Gasteiger partial charge in [0, 0.05) is 0 Å². The maximum atomic E-state index is 10.2. The molecule has 74 valence electrons. The first-order valence-corrected chi connectivity index (χ1v) is 4.46. The molecule has 0 saturated heterocycles. The van der Waals surface area contributed by atoms with Gasteiger partial charge >= 0.3 is 0 Å². The standard InChI is InChI=1S/C6H16N3O2S/c1-4-6(12)8(5(2)3)9(11)7-10/h5-7,11-12H,4H2,1-3H3/q-1/p+1. The average molecular weight is 195 g/mol. The van der Waals surface area contributed by atoms with Gasteiger partial charge in [0.15, 0.2) is 0 Å². The van der Waals surface area contributed by atoms with E-state index in [1.54, 1.807) is 0 Å². The molecule has 0 amide bonds. The largest absolute Gasteiger partial charge is 0.738 e. The molecule has 0 aromatic carbocycles. The quantitative estimate of drug-likeness (QED) is 0.273. The highest BCUT2D eigenvalue weighted by Crippen LogP contribution is 2.06. The first-order chi connectivity index (χ1) is 5.54. The minimum Gasteiger partial charge on any atom is -0.738 e. The van der Waals surface area contributed by atoms with Crippen LogP contribution in [0.1, 0.15) is 27.2 Å². The molecule has 0 spiro atoms. The van der Waals surface area contributed by atoms with Gasteiger partial charge in [-0.15, -0.1) is 0 Å². The van der Waals surface area contributed by atoms with E-state index in [-0.39, 0.29) is 16.7 Å². The number of nitrogens with one attached hydrogen (secondary N) is 2. The van der Waals surface area contributed by atoms with Gasteiger partial charge in [-0.1, -0.05) is 17.2 Å². The number of nitrogens with zero attached hydrogens (tertiary/aromatic N) is 1. The Kier molecular flexibility index (Phi) is 5.81. The summed E-state index contributed by atoms with van der Waals surface area (Å²) in [4.78, 5) is 0. The fourth-order valence-electron chi connectivity index (χ4n) is 0.979. The zero-order valence-corrected chi connectivity index (χ0v) is 8.51. The molecule has 0 aromatic rings. The smallest absolute Gasteiger partial charge is 0.106 e. The van der Waals surface area contributed by atoms with Gasteiger partial charge in [-0.2, -0.15) is 23.4 Å². The van der Waals surface area contributed by atoms with Gasteiger partial charge < -0.3 is 5.21 Å². The van der Waals surface area contributed by atoms with Crippen LogP contribution in [0.4, 0.5) is 0 Å². The van der Waals surface area contributed by atoms with Crippen LogP contribution in [-0.2, 0) is 0 Å². The molecule has 12 heavy (non-hydrogen) atoms. The van der Waals surface area contributed by atoms with Gasteiger partial charge in [0.1, 0.15) is 5.37 Å². The van der Waals surface area contributed by atoms with E-state index in [4.69, 9.17) is 5.21 Å². The summed E-state index contributed by atoms with van der Waals surface area (Å²) in [7, 11) is 0. The molecular formula is C6H17N3O2S. The lowest BCUT2D eigenvalue weighted by Gasteiger charge is -2.32. The molecule has 0 aliphatic carbocycles. The van der Waals surface area contributed by atoms with E-state index >= 15 is 0 Å². The van der Waals surface area contributed by atoms with Crippen LogP contribution in [0, 0.1) is 5.21 Å². The van der Waals surface area contributed by atoms with E-state index in [0.29, 0.717) is 0 Å². The second-order valence-electron chi connectivity index (χ2n) is 2.82. The summed E-state index contributed by atoms with van der Waals surface area (Å²) in [5, 5.41) is 20.4. The molecule has 0 heterocycles. The van der Waals surface area contributed by atoms with Crippen molar-refractivity contribution in [1.82, 2.24) is 10.6 Å². The van der Waals surface area contributed by atoms with E-state index in [1.807, 2.05) is 20.8 Å². The monoisotopic (exact) mass is 195 g/mol. The number of quaternary nitrogens is 1. The Balaban J connectivity index is 4.21. The molecular weight excluding hydrogens is 178 g/mol. The molecule has 0 rings (SSSR count). The number of hydrogen-bond donors (Lipinski definition) is 4. The van der Waals surface area contributed by atoms with Crippen molar-refractivity contribution in [1.29, 1.82) is 0 Å². The molecule has 2 unspecified atom stereocenters. The highest BCUT2D eigenvalue weighted by atomic mass is 32.1. The van der Waals surface area contributed by atoms with Crippen LogP contribution in [0.15, 0.2) is 0 Å². The van der Waals surface area contributed by atoms with Crippen molar-refractivity contribution in [3.8, 4) is 0 Å². The van der Waals surface area contributed by atoms with Crippen molar-refractivity contribution in [2.24, 2.45) is 0 Å². The summed E-state index contributed by atoms with van der Waals surface area (Å²) in [6, 6.07) is 0.0499. The molecule has 0 fully saturated rings. The van der Waals surface area contributed by atoms with E-state index < -0.39 is 0 Å². The van der Waals surface area contributed by atoms with Crippen LogP contribution < -0.4 is 10.9 Å². The van der Waals surface area contributed by atoms with Gasteiger partial charge in [0.2, 0.25) is 0 Å². The summed E-state index contributed by atoms with van der Waals surface area (Å²) in [5.74, 6) is 0. The Morgan fingerprint density at radius 3 is 2.42 bits per heavy atom. The predicted molar refractivity (Wildman–Crippen MR) is 49.3 cm³/mol. The third-order valence-electron chi connectivity index (χ3n) is 1.58. The lowest BCUT2D eigenvalue weighted by molar-refractivity contribution is -1.21. The lowest BCUT2D eigenvalue weighted by Crippen LogP contribution is -3.22. The highest BCUT2D eigenvalue weighted by Gasteiger charge is 2.25. The Hall–Kier alpha value is 0.150. The van der Waals surface area contributed by atoms with Crippen LogP contribution in [0.5, 0.6) is 0 Å². The van der Waals surface area contributed by atoms with Gasteiger partial charge in [-0.3, -0.25) is 0 Å². The zero-order valence-electron chi connectivity index (χ0n) is 7.61. The van der Waals surface area contributed by atoms with Crippen molar-refractivity contribution in [3.63, 3.8) is 0 Å². The van der Waals surface area contributed by atoms with E-state index in [1.165, 1.54) is 10.6 Å². The average Bonchev–Trinajstić information content (AvgIpc) is 2.03. The van der Waals surface area contributed by atoms with Crippen LogP contribution in [0.25, 0.3) is 0 Å². The topological polar surface area (TPSA) is 63.0 Å². The first-order valence-electron chi connectivity index (χ1n) is 3.95. The van der Waals surface area contributed by atoms with Gasteiger partial charge in [-0.05, 0) is 20.3 Å². The Morgan fingerprint density at radius 2 is 2.17 bits per heavy atom. The van der Waals surface area contributed by atoms with Crippen LogP contribution >= 0.6 is 12.6 Å². The molecule has 3 N–H and O–H groups in total. The van der Waals surface area contributed by atoms with Gasteiger partial charge in [0.05, 0.1) is 6.04 Å². The normalized spacial score (nSPS) is 17.0. The molecule has 0 bridgehead atoms. The third kappa shape index (κ3) is 3.26. The molecule has 0 saturated carbocycles. The summed E-state index contributed by atoms with van der Waals surface area (Å²) >= 11 is 4.22. The molecule has 0 aromatic heterocycles. The molecule has 0 radical (unpaired) electrons.